The summed E-state index contributed by atoms with van der Waals surface area (Å²) in [7, 11) is 3.30. The van der Waals surface area contributed by atoms with E-state index in [4.69, 9.17) is 0 Å². The highest BCUT2D eigenvalue weighted by molar-refractivity contribution is 5.91. The van der Waals surface area contributed by atoms with Gasteiger partial charge in [0.1, 0.15) is 12.4 Å². The van der Waals surface area contributed by atoms with Crippen molar-refractivity contribution in [2.75, 3.05) is 14.1 Å². The van der Waals surface area contributed by atoms with E-state index in [0.717, 1.165) is 10.9 Å². The van der Waals surface area contributed by atoms with Crippen molar-refractivity contribution < 1.29 is 4.79 Å². The fourth-order valence-corrected chi connectivity index (χ4v) is 2.48. The molecule has 1 aromatic carbocycles. The maximum absolute atomic E-state index is 12.7. The number of benzene rings is 1. The summed E-state index contributed by atoms with van der Waals surface area (Å²) in [5.74, 6) is 0.521. The van der Waals surface area contributed by atoms with Crippen molar-refractivity contribution in [3.63, 3.8) is 0 Å². The number of para-hydroxylation sites is 1. The zero-order chi connectivity index (χ0) is 16.7. The van der Waals surface area contributed by atoms with Crippen LogP contribution < -0.4 is 5.69 Å². The molecular formula is C16H19N5O2. The van der Waals surface area contributed by atoms with Gasteiger partial charge in [-0.15, -0.1) is 5.10 Å². The van der Waals surface area contributed by atoms with Gasteiger partial charge in [0.2, 0.25) is 5.91 Å². The van der Waals surface area contributed by atoms with Crippen LogP contribution in [0.3, 0.4) is 0 Å². The summed E-state index contributed by atoms with van der Waals surface area (Å²) >= 11 is 0. The lowest BCUT2D eigenvalue weighted by Gasteiger charge is -2.09. The monoisotopic (exact) mass is 313 g/mol. The van der Waals surface area contributed by atoms with Gasteiger partial charge in [-0.25, -0.2) is 18.9 Å². The van der Waals surface area contributed by atoms with Crippen LogP contribution in [0, 0.1) is 0 Å². The van der Waals surface area contributed by atoms with Crippen LogP contribution in [0.5, 0.6) is 0 Å². The van der Waals surface area contributed by atoms with Crippen molar-refractivity contribution in [2.24, 2.45) is 0 Å². The lowest BCUT2D eigenvalue weighted by molar-refractivity contribution is -0.129. The normalized spacial score (nSPS) is 11.5. The highest BCUT2D eigenvalue weighted by atomic mass is 16.2. The minimum atomic E-state index is -0.336. The number of aromatic nitrogens is 4. The molecule has 0 aliphatic carbocycles. The number of likely N-dealkylation sites (N-methyl/N-ethyl adjacent to an activating group) is 1. The third-order valence-electron chi connectivity index (χ3n) is 3.75. The van der Waals surface area contributed by atoms with E-state index < -0.39 is 0 Å². The van der Waals surface area contributed by atoms with E-state index in [-0.39, 0.29) is 24.1 Å². The van der Waals surface area contributed by atoms with Gasteiger partial charge in [-0.1, -0.05) is 26.0 Å². The molecule has 3 rings (SSSR count). The van der Waals surface area contributed by atoms with Crippen molar-refractivity contribution in [3.05, 3.63) is 40.6 Å². The number of nitrogens with zero attached hydrogens (tertiary/aromatic N) is 5. The zero-order valence-corrected chi connectivity index (χ0v) is 13.6. The topological polar surface area (TPSA) is 72.5 Å². The first kappa shape index (κ1) is 15.2. The summed E-state index contributed by atoms with van der Waals surface area (Å²) in [6.45, 7) is 3.87. The van der Waals surface area contributed by atoms with E-state index in [1.165, 1.54) is 14.0 Å². The van der Waals surface area contributed by atoms with Crippen LogP contribution in [-0.2, 0) is 11.3 Å². The van der Waals surface area contributed by atoms with Gasteiger partial charge < -0.3 is 4.90 Å². The molecule has 0 fully saturated rings. The number of hydrogen-bond donors (Lipinski definition) is 0. The van der Waals surface area contributed by atoms with Gasteiger partial charge in [-0.2, -0.15) is 0 Å². The zero-order valence-electron chi connectivity index (χ0n) is 13.6. The largest absolute Gasteiger partial charge is 0.352 e. The van der Waals surface area contributed by atoms with Crippen LogP contribution in [0.1, 0.15) is 25.6 Å². The lowest BCUT2D eigenvalue weighted by atomic mass is 10.2. The molecule has 3 aromatic rings. The van der Waals surface area contributed by atoms with Crippen LogP contribution in [-0.4, -0.2) is 44.1 Å². The smallest absolute Gasteiger partial charge is 0.347 e. The predicted molar refractivity (Wildman–Crippen MR) is 87.5 cm³/mol. The second-order valence-corrected chi connectivity index (χ2v) is 6.03. The third-order valence-corrected chi connectivity index (χ3v) is 3.75. The number of fused-ring (bicyclic) bond motifs is 3. The maximum Gasteiger partial charge on any atom is 0.352 e. The van der Waals surface area contributed by atoms with E-state index in [0.29, 0.717) is 11.5 Å². The Morgan fingerprint density at radius 2 is 1.96 bits per heavy atom. The molecule has 23 heavy (non-hydrogen) atoms. The Morgan fingerprint density at radius 3 is 2.61 bits per heavy atom. The number of rotatable bonds is 3. The van der Waals surface area contributed by atoms with Crippen LogP contribution in [0.15, 0.2) is 29.1 Å². The standard InChI is InChI=1S/C16H19N5O2/c1-10(2)14-17-12-8-6-5-7-11(12)15-18-20(16(23)21(14)15)9-13(22)19(3)4/h5-8,10H,9H2,1-4H3. The predicted octanol–water partition coefficient (Wildman–Crippen LogP) is 1.26. The first-order valence-corrected chi connectivity index (χ1v) is 7.48. The number of carbonyl (C=O) groups is 1. The van der Waals surface area contributed by atoms with Crippen LogP contribution >= 0.6 is 0 Å². The number of carbonyl (C=O) groups excluding carboxylic acids is 1. The Hall–Kier alpha value is -2.70. The number of amides is 1. The Balaban J connectivity index is 2.33. The van der Waals surface area contributed by atoms with Gasteiger partial charge in [0.25, 0.3) is 0 Å². The summed E-state index contributed by atoms with van der Waals surface area (Å²) in [4.78, 5) is 30.7. The van der Waals surface area contributed by atoms with E-state index in [1.54, 1.807) is 14.1 Å². The van der Waals surface area contributed by atoms with Crippen molar-refractivity contribution in [3.8, 4) is 0 Å². The molecule has 0 spiro atoms. The summed E-state index contributed by atoms with van der Waals surface area (Å²) < 4.78 is 2.72. The van der Waals surface area contributed by atoms with Crippen molar-refractivity contribution in [1.29, 1.82) is 0 Å². The van der Waals surface area contributed by atoms with Gasteiger partial charge in [0.05, 0.1) is 5.52 Å². The molecule has 0 saturated heterocycles. The molecule has 120 valence electrons. The van der Waals surface area contributed by atoms with Crippen LogP contribution in [0.4, 0.5) is 0 Å². The highest BCUT2D eigenvalue weighted by Gasteiger charge is 2.19. The Kier molecular flexibility index (Phi) is 3.63. The van der Waals surface area contributed by atoms with Crippen LogP contribution in [0.2, 0.25) is 0 Å². The summed E-state index contributed by atoms with van der Waals surface area (Å²) in [5.41, 5.74) is 0.993. The van der Waals surface area contributed by atoms with E-state index in [1.807, 2.05) is 38.1 Å². The SMILES string of the molecule is CC(C)c1nc2ccccc2c2nn(CC(=O)N(C)C)c(=O)n12. The molecule has 7 nitrogen and oxygen atoms in total. The fourth-order valence-electron chi connectivity index (χ4n) is 2.48. The maximum atomic E-state index is 12.7. The molecule has 2 aromatic heterocycles. The molecule has 0 aliphatic rings. The van der Waals surface area contributed by atoms with Gasteiger partial charge in [0, 0.05) is 25.4 Å². The van der Waals surface area contributed by atoms with Gasteiger partial charge in [0.15, 0.2) is 5.65 Å². The molecule has 0 N–H and O–H groups in total. The first-order valence-electron chi connectivity index (χ1n) is 7.48. The molecule has 1 amide bonds. The van der Waals surface area contributed by atoms with E-state index >= 15 is 0 Å². The Labute approximate surface area is 133 Å². The van der Waals surface area contributed by atoms with Crippen molar-refractivity contribution >= 4 is 22.5 Å². The molecule has 0 bridgehead atoms. The van der Waals surface area contributed by atoms with Crippen molar-refractivity contribution in [2.45, 2.75) is 26.3 Å². The first-order chi connectivity index (χ1) is 10.9. The average molecular weight is 313 g/mol. The molecule has 7 heteroatoms. The van der Waals surface area contributed by atoms with E-state index in [2.05, 4.69) is 10.1 Å². The Bertz CT molecular complexity index is 952. The highest BCUT2D eigenvalue weighted by Crippen LogP contribution is 2.20. The molecule has 2 heterocycles. The molecule has 0 radical (unpaired) electrons. The fraction of sp³-hybridized carbons (Fsp3) is 0.375. The van der Waals surface area contributed by atoms with Crippen molar-refractivity contribution in [1.82, 2.24) is 24.1 Å². The average Bonchev–Trinajstić information content (AvgIpc) is 2.83. The Morgan fingerprint density at radius 1 is 1.26 bits per heavy atom. The van der Waals surface area contributed by atoms with Gasteiger partial charge in [-0.05, 0) is 12.1 Å². The molecule has 0 saturated carbocycles. The molecule has 0 atom stereocenters. The van der Waals surface area contributed by atoms with Gasteiger partial charge >= 0.3 is 5.69 Å². The van der Waals surface area contributed by atoms with E-state index in [9.17, 15) is 9.59 Å². The lowest BCUT2D eigenvalue weighted by Crippen LogP contribution is -2.32. The second-order valence-electron chi connectivity index (χ2n) is 6.03. The molecule has 0 unspecified atom stereocenters. The van der Waals surface area contributed by atoms with Crippen LogP contribution in [0.25, 0.3) is 16.6 Å². The quantitative estimate of drug-likeness (QED) is 0.729. The minimum absolute atomic E-state index is 0.0574. The summed E-state index contributed by atoms with van der Waals surface area (Å²) in [5, 5.41) is 5.18. The number of hydrogen-bond acceptors (Lipinski definition) is 4. The molecular weight excluding hydrogens is 294 g/mol. The van der Waals surface area contributed by atoms with Gasteiger partial charge in [-0.3, -0.25) is 4.79 Å². The minimum Gasteiger partial charge on any atom is -0.347 e. The summed E-state index contributed by atoms with van der Waals surface area (Å²) in [6.07, 6.45) is 0. The molecule has 0 aliphatic heterocycles. The third kappa shape index (κ3) is 2.48. The summed E-state index contributed by atoms with van der Waals surface area (Å²) in [6, 6.07) is 7.57. The second kappa shape index (κ2) is 5.49.